The number of benzene rings is 2. The largest absolute Gasteiger partial charge is 0.322 e. The summed E-state index contributed by atoms with van der Waals surface area (Å²) in [5, 5.41) is 9.87. The second-order valence-corrected chi connectivity index (χ2v) is 8.91. The fourth-order valence-corrected chi connectivity index (χ4v) is 5.06. The van der Waals surface area contributed by atoms with E-state index in [0.717, 1.165) is 49.9 Å². The number of hydrogen-bond acceptors (Lipinski definition) is 4. The van der Waals surface area contributed by atoms with Crippen LogP contribution in [0.15, 0.2) is 42.5 Å². The lowest BCUT2D eigenvalue weighted by Crippen LogP contribution is -2.51. The molecular formula is C24H27FN4O2. The third-order valence-corrected chi connectivity index (χ3v) is 6.87. The van der Waals surface area contributed by atoms with Gasteiger partial charge in [-0.3, -0.25) is 4.79 Å². The van der Waals surface area contributed by atoms with Gasteiger partial charge in [0, 0.05) is 29.9 Å². The zero-order valence-electron chi connectivity index (χ0n) is 17.4. The van der Waals surface area contributed by atoms with Crippen molar-refractivity contribution in [3.05, 3.63) is 65.0 Å². The van der Waals surface area contributed by atoms with Crippen molar-refractivity contribution in [1.29, 1.82) is 0 Å². The van der Waals surface area contributed by atoms with Gasteiger partial charge in [0.15, 0.2) is 5.78 Å². The first-order valence-electron chi connectivity index (χ1n) is 11.0. The molecule has 5 rings (SSSR count). The highest BCUT2D eigenvalue weighted by Crippen LogP contribution is 2.32. The van der Waals surface area contributed by atoms with Gasteiger partial charge in [0.05, 0.1) is 6.04 Å². The van der Waals surface area contributed by atoms with Crippen molar-refractivity contribution < 1.29 is 14.0 Å². The van der Waals surface area contributed by atoms with E-state index in [9.17, 15) is 14.0 Å². The van der Waals surface area contributed by atoms with Gasteiger partial charge in [-0.1, -0.05) is 6.07 Å². The molecular weight excluding hydrogens is 395 g/mol. The summed E-state index contributed by atoms with van der Waals surface area (Å²) in [6, 6.07) is 11.3. The van der Waals surface area contributed by atoms with Crippen LogP contribution in [0.1, 0.15) is 47.2 Å². The number of urea groups is 1. The zero-order chi connectivity index (χ0) is 21.4. The molecule has 7 heteroatoms. The van der Waals surface area contributed by atoms with Gasteiger partial charge < -0.3 is 20.9 Å². The molecule has 1 spiro atoms. The molecule has 1 atom stereocenters. The topological polar surface area (TPSA) is 73.5 Å². The minimum Gasteiger partial charge on any atom is -0.317 e. The van der Waals surface area contributed by atoms with Crippen LogP contribution in [0.25, 0.3) is 0 Å². The summed E-state index contributed by atoms with van der Waals surface area (Å²) in [4.78, 5) is 27.2. The fourth-order valence-electron chi connectivity index (χ4n) is 5.06. The molecule has 6 nitrogen and oxygen atoms in total. The highest BCUT2D eigenvalue weighted by molar-refractivity contribution is 6.01. The van der Waals surface area contributed by atoms with Crippen LogP contribution in [-0.4, -0.2) is 41.4 Å². The number of ketones is 1. The summed E-state index contributed by atoms with van der Waals surface area (Å²) in [5.41, 5.74) is 3.21. The number of fused-ring (bicyclic) bond motifs is 1. The Bertz CT molecular complexity index is 1000. The number of carbonyl (C=O) groups is 2. The van der Waals surface area contributed by atoms with Crippen LogP contribution in [-0.2, 0) is 13.1 Å². The quantitative estimate of drug-likeness (QED) is 0.663. The first kappa shape index (κ1) is 20.2. The molecule has 0 radical (unpaired) electrons. The van der Waals surface area contributed by atoms with E-state index in [-0.39, 0.29) is 29.2 Å². The monoisotopic (exact) mass is 422 g/mol. The van der Waals surface area contributed by atoms with E-state index in [1.807, 2.05) is 0 Å². The van der Waals surface area contributed by atoms with Gasteiger partial charge in [-0.05, 0) is 86.3 Å². The summed E-state index contributed by atoms with van der Waals surface area (Å²) in [6.07, 6.45) is 4.04. The molecule has 31 heavy (non-hydrogen) atoms. The van der Waals surface area contributed by atoms with Crippen molar-refractivity contribution in [1.82, 2.24) is 15.5 Å². The Balaban J connectivity index is 1.19. The SMILES string of the molecule is O=C(c1ccc(NC(=O)N2Cc3ccc(F)cc3C2)cc1)C1CCC2(CCNCC2)N1. The molecule has 3 heterocycles. The number of nitrogens with one attached hydrogen (secondary N) is 3. The van der Waals surface area contributed by atoms with Crippen molar-refractivity contribution in [2.75, 3.05) is 18.4 Å². The molecule has 3 aliphatic rings. The summed E-state index contributed by atoms with van der Waals surface area (Å²) in [5.74, 6) is -0.172. The van der Waals surface area contributed by atoms with Gasteiger partial charge in [-0.25, -0.2) is 9.18 Å². The van der Waals surface area contributed by atoms with E-state index in [0.29, 0.717) is 24.3 Å². The Hall–Kier alpha value is -2.77. The number of nitrogens with zero attached hydrogens (tertiary/aromatic N) is 1. The average Bonchev–Trinajstić information content (AvgIpc) is 3.38. The van der Waals surface area contributed by atoms with Crippen molar-refractivity contribution >= 4 is 17.5 Å². The summed E-state index contributed by atoms with van der Waals surface area (Å²) >= 11 is 0. The third kappa shape index (κ3) is 4.07. The van der Waals surface area contributed by atoms with Crippen LogP contribution in [0.2, 0.25) is 0 Å². The molecule has 2 aromatic carbocycles. The molecule has 0 aromatic heterocycles. The fraction of sp³-hybridized carbons (Fsp3) is 0.417. The predicted molar refractivity (Wildman–Crippen MR) is 116 cm³/mol. The smallest absolute Gasteiger partial charge is 0.317 e. The molecule has 2 aromatic rings. The van der Waals surface area contributed by atoms with Crippen molar-refractivity contribution in [3.63, 3.8) is 0 Å². The lowest BCUT2D eigenvalue weighted by molar-refractivity contribution is 0.0940. The number of rotatable bonds is 3. The minimum absolute atomic E-state index is 0.107. The zero-order valence-corrected chi connectivity index (χ0v) is 17.4. The molecule has 2 amide bonds. The van der Waals surface area contributed by atoms with Crippen LogP contribution >= 0.6 is 0 Å². The summed E-state index contributed by atoms with van der Waals surface area (Å²) in [6.45, 7) is 2.85. The normalized spacial score (nSPS) is 21.8. The Kier molecular flexibility index (Phi) is 5.24. The Labute approximate surface area is 181 Å². The Morgan fingerprint density at radius 1 is 1.00 bits per heavy atom. The molecule has 162 valence electrons. The summed E-state index contributed by atoms with van der Waals surface area (Å²) in [7, 11) is 0. The highest BCUT2D eigenvalue weighted by atomic mass is 19.1. The maximum Gasteiger partial charge on any atom is 0.322 e. The molecule has 3 aliphatic heterocycles. The van der Waals surface area contributed by atoms with Crippen LogP contribution < -0.4 is 16.0 Å². The van der Waals surface area contributed by atoms with E-state index in [4.69, 9.17) is 0 Å². The molecule has 0 saturated carbocycles. The van der Waals surface area contributed by atoms with Crippen LogP contribution in [0, 0.1) is 5.82 Å². The number of halogens is 1. The van der Waals surface area contributed by atoms with Gasteiger partial charge >= 0.3 is 6.03 Å². The van der Waals surface area contributed by atoms with Crippen molar-refractivity contribution in [3.8, 4) is 0 Å². The molecule has 2 saturated heterocycles. The van der Waals surface area contributed by atoms with Gasteiger partial charge in [0.2, 0.25) is 0 Å². The number of anilines is 1. The lowest BCUT2D eigenvalue weighted by Gasteiger charge is -2.34. The number of carbonyl (C=O) groups excluding carboxylic acids is 2. The lowest BCUT2D eigenvalue weighted by atomic mass is 9.87. The predicted octanol–water partition coefficient (Wildman–Crippen LogP) is 3.43. The number of hydrogen-bond donors (Lipinski definition) is 3. The third-order valence-electron chi connectivity index (χ3n) is 6.87. The average molecular weight is 423 g/mol. The first-order valence-corrected chi connectivity index (χ1v) is 11.0. The van der Waals surface area contributed by atoms with E-state index in [1.54, 1.807) is 35.2 Å². The van der Waals surface area contributed by atoms with Crippen LogP contribution in [0.3, 0.4) is 0 Å². The van der Waals surface area contributed by atoms with Crippen molar-refractivity contribution in [2.45, 2.75) is 50.4 Å². The second-order valence-electron chi connectivity index (χ2n) is 8.91. The maximum atomic E-state index is 13.4. The molecule has 0 bridgehead atoms. The van der Waals surface area contributed by atoms with Gasteiger partial charge in [-0.15, -0.1) is 0 Å². The maximum absolute atomic E-state index is 13.4. The summed E-state index contributed by atoms with van der Waals surface area (Å²) < 4.78 is 13.4. The Morgan fingerprint density at radius 3 is 2.52 bits per heavy atom. The second kappa shape index (κ2) is 8.05. The number of piperidine rings is 1. The van der Waals surface area contributed by atoms with Gasteiger partial charge in [0.25, 0.3) is 0 Å². The van der Waals surface area contributed by atoms with Gasteiger partial charge in [0.1, 0.15) is 5.82 Å². The molecule has 1 unspecified atom stereocenters. The standard InChI is InChI=1S/C24H27FN4O2/c25-19-4-1-17-14-29(15-18(17)13-19)23(31)27-20-5-2-16(3-6-20)22(30)21-7-8-24(28-21)9-11-26-12-10-24/h1-6,13,21,26,28H,7-12,14-15H2,(H,27,31). The molecule has 0 aliphatic carbocycles. The van der Waals surface area contributed by atoms with E-state index in [1.165, 1.54) is 12.1 Å². The van der Waals surface area contributed by atoms with Gasteiger partial charge in [-0.2, -0.15) is 0 Å². The molecule has 3 N–H and O–H groups in total. The van der Waals surface area contributed by atoms with Crippen LogP contribution in [0.4, 0.5) is 14.9 Å². The van der Waals surface area contributed by atoms with Crippen LogP contribution in [0.5, 0.6) is 0 Å². The molecule has 2 fully saturated rings. The minimum atomic E-state index is -0.288. The number of Topliss-reactive ketones (excluding diaryl/α,β-unsaturated/α-hetero) is 1. The van der Waals surface area contributed by atoms with Crippen molar-refractivity contribution in [2.24, 2.45) is 0 Å². The highest BCUT2D eigenvalue weighted by Gasteiger charge is 2.41. The van der Waals surface area contributed by atoms with E-state index in [2.05, 4.69) is 16.0 Å². The number of amides is 2. The van der Waals surface area contributed by atoms with E-state index < -0.39 is 0 Å². The van der Waals surface area contributed by atoms with E-state index >= 15 is 0 Å². The first-order chi connectivity index (χ1) is 15.0. The Morgan fingerprint density at radius 2 is 1.74 bits per heavy atom.